The topological polar surface area (TPSA) is 43.9 Å². The van der Waals surface area contributed by atoms with Gasteiger partial charge in [0.2, 0.25) is 5.91 Å². The largest absolute Gasteiger partial charge is 0.378 e. The van der Waals surface area contributed by atoms with Crippen molar-refractivity contribution in [3.63, 3.8) is 0 Å². The molecule has 1 heterocycles. The van der Waals surface area contributed by atoms with Gasteiger partial charge in [0, 0.05) is 36.2 Å². The molecule has 0 radical (unpaired) electrons. The zero-order valence-corrected chi connectivity index (χ0v) is 19.4. The van der Waals surface area contributed by atoms with Gasteiger partial charge >= 0.3 is 0 Å². The van der Waals surface area contributed by atoms with Crippen molar-refractivity contribution < 1.29 is 9.59 Å². The van der Waals surface area contributed by atoms with Gasteiger partial charge in [-0.1, -0.05) is 29.8 Å². The van der Waals surface area contributed by atoms with Crippen LogP contribution in [0.3, 0.4) is 0 Å². The van der Waals surface area contributed by atoms with Crippen molar-refractivity contribution in [2.75, 3.05) is 35.3 Å². The molecule has 164 valence electrons. The maximum absolute atomic E-state index is 13.8. The van der Waals surface area contributed by atoms with Crippen molar-refractivity contribution in [2.45, 2.75) is 19.9 Å². The van der Waals surface area contributed by atoms with E-state index in [0.29, 0.717) is 10.7 Å². The van der Waals surface area contributed by atoms with Crippen LogP contribution in [0.4, 0.5) is 17.1 Å². The number of anilines is 3. The molecule has 1 saturated heterocycles. The Kier molecular flexibility index (Phi) is 5.94. The second-order valence-electron chi connectivity index (χ2n) is 8.32. The molecule has 5 nitrogen and oxygen atoms in total. The van der Waals surface area contributed by atoms with Crippen molar-refractivity contribution in [1.29, 1.82) is 0 Å². The van der Waals surface area contributed by atoms with Crippen LogP contribution >= 0.6 is 11.6 Å². The number of carbonyl (C=O) groups excluding carboxylic acids is 2. The highest BCUT2D eigenvalue weighted by Gasteiger charge is 2.41. The van der Waals surface area contributed by atoms with Gasteiger partial charge in [-0.2, -0.15) is 0 Å². The zero-order chi connectivity index (χ0) is 23.0. The molecule has 3 aromatic carbocycles. The number of benzene rings is 3. The van der Waals surface area contributed by atoms with Crippen LogP contribution in [0.5, 0.6) is 0 Å². The molecule has 0 spiro atoms. The molecule has 0 aliphatic carbocycles. The van der Waals surface area contributed by atoms with Gasteiger partial charge in [0.15, 0.2) is 0 Å². The van der Waals surface area contributed by atoms with Crippen molar-refractivity contribution in [3.05, 3.63) is 88.4 Å². The first-order valence-electron chi connectivity index (χ1n) is 10.5. The Labute approximate surface area is 193 Å². The van der Waals surface area contributed by atoms with Crippen LogP contribution in [0.15, 0.2) is 66.7 Å². The standard InChI is InChI=1S/C26H26ClN3O2/c1-17-5-10-23(15-18(17)2)29-16-24(31)30(22-13-8-20(27)9-14-22)25(26(29)32)19-6-11-21(12-7-19)28(3)4/h5-15,25H,16H2,1-4H3. The molecular weight excluding hydrogens is 422 g/mol. The smallest absolute Gasteiger partial charge is 0.255 e. The number of piperazine rings is 1. The van der Waals surface area contributed by atoms with Crippen LogP contribution < -0.4 is 14.7 Å². The van der Waals surface area contributed by atoms with E-state index in [-0.39, 0.29) is 18.4 Å². The third-order valence-corrected chi connectivity index (χ3v) is 6.20. The molecule has 0 bridgehead atoms. The van der Waals surface area contributed by atoms with Crippen molar-refractivity contribution in [2.24, 2.45) is 0 Å². The number of aryl methyl sites for hydroxylation is 2. The summed E-state index contributed by atoms with van der Waals surface area (Å²) in [5.41, 5.74) is 5.38. The van der Waals surface area contributed by atoms with Crippen molar-refractivity contribution in [3.8, 4) is 0 Å². The summed E-state index contributed by atoms with van der Waals surface area (Å²) < 4.78 is 0. The Bertz CT molecular complexity index is 1160. The third-order valence-electron chi connectivity index (χ3n) is 5.95. The minimum absolute atomic E-state index is 0.0176. The Morgan fingerprint density at radius 3 is 2.06 bits per heavy atom. The molecular formula is C26H26ClN3O2. The summed E-state index contributed by atoms with van der Waals surface area (Å²) in [6, 6.07) is 19.8. The lowest BCUT2D eigenvalue weighted by Gasteiger charge is -2.40. The number of nitrogens with zero attached hydrogens (tertiary/aromatic N) is 3. The Morgan fingerprint density at radius 2 is 1.47 bits per heavy atom. The second-order valence-corrected chi connectivity index (χ2v) is 8.76. The van der Waals surface area contributed by atoms with E-state index in [1.807, 2.05) is 75.3 Å². The van der Waals surface area contributed by atoms with E-state index in [0.717, 1.165) is 28.1 Å². The molecule has 0 N–H and O–H groups in total. The van der Waals surface area contributed by atoms with Gasteiger partial charge in [0.25, 0.3) is 5.91 Å². The first kappa shape index (κ1) is 21.9. The lowest BCUT2D eigenvalue weighted by molar-refractivity contribution is -0.128. The van der Waals surface area contributed by atoms with E-state index in [2.05, 4.69) is 0 Å². The molecule has 0 saturated carbocycles. The van der Waals surface area contributed by atoms with E-state index in [4.69, 9.17) is 11.6 Å². The molecule has 0 aromatic heterocycles. The van der Waals surface area contributed by atoms with Crippen LogP contribution in [0, 0.1) is 13.8 Å². The highest BCUT2D eigenvalue weighted by Crippen LogP contribution is 2.36. The zero-order valence-electron chi connectivity index (χ0n) is 18.7. The fourth-order valence-corrected chi connectivity index (χ4v) is 4.07. The Hall–Kier alpha value is -3.31. The summed E-state index contributed by atoms with van der Waals surface area (Å²) in [6.07, 6.45) is 0. The molecule has 3 aromatic rings. The van der Waals surface area contributed by atoms with Gasteiger partial charge in [-0.05, 0) is 79.1 Å². The van der Waals surface area contributed by atoms with Crippen LogP contribution in [0.2, 0.25) is 5.02 Å². The minimum Gasteiger partial charge on any atom is -0.378 e. The van der Waals surface area contributed by atoms with Gasteiger partial charge in [0.05, 0.1) is 0 Å². The molecule has 1 unspecified atom stereocenters. The van der Waals surface area contributed by atoms with Crippen LogP contribution in [-0.2, 0) is 9.59 Å². The fraction of sp³-hybridized carbons (Fsp3) is 0.231. The highest BCUT2D eigenvalue weighted by atomic mass is 35.5. The van der Waals surface area contributed by atoms with E-state index >= 15 is 0 Å². The maximum atomic E-state index is 13.8. The van der Waals surface area contributed by atoms with Gasteiger partial charge in [-0.25, -0.2) is 0 Å². The highest BCUT2D eigenvalue weighted by molar-refractivity contribution is 6.30. The first-order valence-corrected chi connectivity index (χ1v) is 10.9. The van der Waals surface area contributed by atoms with Crippen molar-refractivity contribution >= 4 is 40.5 Å². The van der Waals surface area contributed by atoms with Gasteiger partial charge < -0.3 is 9.80 Å². The molecule has 32 heavy (non-hydrogen) atoms. The maximum Gasteiger partial charge on any atom is 0.255 e. The number of hydrogen-bond donors (Lipinski definition) is 0. The van der Waals surface area contributed by atoms with Gasteiger partial charge in [0.1, 0.15) is 12.6 Å². The van der Waals surface area contributed by atoms with Crippen LogP contribution in [0.1, 0.15) is 22.7 Å². The predicted molar refractivity (Wildman–Crippen MR) is 131 cm³/mol. The van der Waals surface area contributed by atoms with Crippen LogP contribution in [0.25, 0.3) is 0 Å². The van der Waals surface area contributed by atoms with E-state index < -0.39 is 6.04 Å². The van der Waals surface area contributed by atoms with E-state index in [1.165, 1.54) is 0 Å². The number of halogens is 1. The van der Waals surface area contributed by atoms with E-state index in [1.54, 1.807) is 34.1 Å². The number of carbonyl (C=O) groups is 2. The summed E-state index contributed by atoms with van der Waals surface area (Å²) in [5.74, 6) is -0.285. The van der Waals surface area contributed by atoms with Gasteiger partial charge in [-0.3, -0.25) is 14.5 Å². The molecule has 1 aliphatic heterocycles. The molecule has 1 aliphatic rings. The molecule has 2 amide bonds. The fourth-order valence-electron chi connectivity index (χ4n) is 3.94. The summed E-state index contributed by atoms with van der Waals surface area (Å²) in [5, 5.41) is 0.577. The number of rotatable bonds is 4. The second kappa shape index (κ2) is 8.67. The number of hydrogen-bond acceptors (Lipinski definition) is 3. The normalized spacial score (nSPS) is 16.5. The van der Waals surface area contributed by atoms with Crippen LogP contribution in [-0.4, -0.2) is 32.5 Å². The molecule has 6 heteroatoms. The quantitative estimate of drug-likeness (QED) is 0.556. The summed E-state index contributed by atoms with van der Waals surface area (Å²) in [6.45, 7) is 4.02. The van der Waals surface area contributed by atoms with Gasteiger partial charge in [-0.15, -0.1) is 0 Å². The lowest BCUT2D eigenvalue weighted by Crippen LogP contribution is -2.56. The Morgan fingerprint density at radius 1 is 0.844 bits per heavy atom. The minimum atomic E-state index is -0.768. The Balaban J connectivity index is 1.80. The molecule has 1 fully saturated rings. The summed E-state index contributed by atoms with van der Waals surface area (Å²) >= 11 is 6.06. The average Bonchev–Trinajstić information content (AvgIpc) is 2.77. The monoisotopic (exact) mass is 447 g/mol. The SMILES string of the molecule is Cc1ccc(N2CC(=O)N(c3ccc(Cl)cc3)C(c3ccc(N(C)C)cc3)C2=O)cc1C. The third kappa shape index (κ3) is 4.08. The first-order chi connectivity index (χ1) is 15.3. The average molecular weight is 448 g/mol. The van der Waals surface area contributed by atoms with E-state index in [9.17, 15) is 9.59 Å². The lowest BCUT2D eigenvalue weighted by atomic mass is 9.98. The summed E-state index contributed by atoms with van der Waals surface area (Å²) in [7, 11) is 3.93. The number of amides is 2. The summed E-state index contributed by atoms with van der Waals surface area (Å²) in [4.78, 5) is 32.4. The predicted octanol–water partition coefficient (Wildman–Crippen LogP) is 5.14. The molecule has 4 rings (SSSR count). The van der Waals surface area contributed by atoms with Crippen molar-refractivity contribution in [1.82, 2.24) is 0 Å². The molecule has 1 atom stereocenters.